The number of hydrogen-bond acceptors (Lipinski definition) is 6. The van der Waals surface area contributed by atoms with Gasteiger partial charge in [0, 0.05) is 19.3 Å². The van der Waals surface area contributed by atoms with Crippen molar-refractivity contribution in [1.29, 1.82) is 0 Å². The molecule has 0 saturated carbocycles. The maximum absolute atomic E-state index is 12.8. The minimum Gasteiger partial charge on any atom is -0.462 e. The van der Waals surface area contributed by atoms with Crippen LogP contribution < -0.4 is 0 Å². The summed E-state index contributed by atoms with van der Waals surface area (Å²) < 4.78 is 16.8. The molecule has 1 unspecified atom stereocenters. The smallest absolute Gasteiger partial charge is 0.306 e. The van der Waals surface area contributed by atoms with Gasteiger partial charge in [-0.1, -0.05) is 233 Å². The Labute approximate surface area is 425 Å². The third kappa shape index (κ3) is 54.9. The molecule has 0 aromatic rings. The minimum absolute atomic E-state index is 0.0921. The van der Waals surface area contributed by atoms with Gasteiger partial charge in [-0.25, -0.2) is 0 Å². The van der Waals surface area contributed by atoms with E-state index in [1.807, 2.05) is 0 Å². The lowest BCUT2D eigenvalue weighted by molar-refractivity contribution is -0.167. The average Bonchev–Trinajstić information content (AvgIpc) is 3.35. The van der Waals surface area contributed by atoms with Crippen LogP contribution in [-0.4, -0.2) is 37.2 Å². The molecule has 6 nitrogen and oxygen atoms in total. The van der Waals surface area contributed by atoms with Crippen molar-refractivity contribution in [1.82, 2.24) is 0 Å². The van der Waals surface area contributed by atoms with Crippen LogP contribution in [0.1, 0.15) is 252 Å². The summed E-state index contributed by atoms with van der Waals surface area (Å²) in [6.45, 7) is 6.44. The van der Waals surface area contributed by atoms with E-state index in [1.165, 1.54) is 89.9 Å². The zero-order valence-corrected chi connectivity index (χ0v) is 44.8. The van der Waals surface area contributed by atoms with Crippen molar-refractivity contribution >= 4 is 17.9 Å². The van der Waals surface area contributed by atoms with E-state index in [0.717, 1.165) is 122 Å². The molecule has 0 amide bonds. The highest BCUT2D eigenvalue weighted by Crippen LogP contribution is 2.14. The van der Waals surface area contributed by atoms with E-state index in [9.17, 15) is 14.4 Å². The second-order valence-corrected chi connectivity index (χ2v) is 18.5. The third-order valence-corrected chi connectivity index (χ3v) is 11.8. The standard InChI is InChI=1S/C63H104O6/c1-4-7-10-13-16-19-21-23-25-27-28-29-30-31-32-33-34-36-37-39-41-44-47-50-53-56-62(65)68-59-60(58-67-61(64)55-52-49-46-43-18-15-12-9-6-3)69-63(66)57-54-51-48-45-42-40-38-35-26-24-22-20-17-14-11-8-5-2/h7,10,16-17,19-20,23-26,28-29,31-32,34,36,39,41,60H,4-6,8-9,11-15,18,21-22,27,30,33,35,37-38,40,42-59H2,1-3H3/b10-7-,19-16-,20-17-,25-23-,26-24-,29-28-,32-31-,36-34-,41-39-. The first kappa shape index (κ1) is 65.1. The summed E-state index contributed by atoms with van der Waals surface area (Å²) in [5.74, 6) is -0.938. The molecule has 0 heterocycles. The first-order chi connectivity index (χ1) is 34.0. The summed E-state index contributed by atoms with van der Waals surface area (Å²) in [6.07, 6.45) is 76.5. The molecule has 0 aromatic heterocycles. The molecule has 0 spiro atoms. The van der Waals surface area contributed by atoms with Crippen molar-refractivity contribution in [3.63, 3.8) is 0 Å². The molecule has 392 valence electrons. The highest BCUT2D eigenvalue weighted by Gasteiger charge is 2.19. The highest BCUT2D eigenvalue weighted by atomic mass is 16.6. The fourth-order valence-electron chi connectivity index (χ4n) is 7.51. The normalized spacial score (nSPS) is 12.9. The summed E-state index contributed by atoms with van der Waals surface area (Å²) in [5, 5.41) is 0. The van der Waals surface area contributed by atoms with Crippen LogP contribution in [0.2, 0.25) is 0 Å². The zero-order valence-electron chi connectivity index (χ0n) is 44.8. The lowest BCUT2D eigenvalue weighted by Gasteiger charge is -2.18. The fourth-order valence-corrected chi connectivity index (χ4v) is 7.51. The van der Waals surface area contributed by atoms with Gasteiger partial charge in [0.15, 0.2) is 6.10 Å². The predicted octanol–water partition coefficient (Wildman–Crippen LogP) is 19.1. The van der Waals surface area contributed by atoms with Crippen LogP contribution in [-0.2, 0) is 28.6 Å². The number of carbonyl (C=O) groups excluding carboxylic acids is 3. The second-order valence-electron chi connectivity index (χ2n) is 18.5. The van der Waals surface area contributed by atoms with Crippen molar-refractivity contribution in [2.45, 2.75) is 258 Å². The van der Waals surface area contributed by atoms with Crippen LogP contribution in [0, 0.1) is 0 Å². The van der Waals surface area contributed by atoms with Gasteiger partial charge in [-0.15, -0.1) is 0 Å². The topological polar surface area (TPSA) is 78.9 Å². The maximum atomic E-state index is 12.8. The van der Waals surface area contributed by atoms with Gasteiger partial charge in [-0.05, 0) is 109 Å². The molecule has 0 rings (SSSR count). The summed E-state index contributed by atoms with van der Waals surface area (Å²) in [6, 6.07) is 0. The Balaban J connectivity index is 4.37. The number of hydrogen-bond donors (Lipinski definition) is 0. The van der Waals surface area contributed by atoms with E-state index in [0.29, 0.717) is 19.3 Å². The molecule has 0 aliphatic carbocycles. The van der Waals surface area contributed by atoms with E-state index in [1.54, 1.807) is 0 Å². The number of esters is 3. The molecule has 0 bridgehead atoms. The van der Waals surface area contributed by atoms with Gasteiger partial charge in [0.05, 0.1) is 0 Å². The molecule has 0 aliphatic heterocycles. The maximum Gasteiger partial charge on any atom is 0.306 e. The molecular weight excluding hydrogens is 853 g/mol. The summed E-state index contributed by atoms with van der Waals surface area (Å²) >= 11 is 0. The lowest BCUT2D eigenvalue weighted by atomic mass is 10.1. The molecule has 0 aromatic carbocycles. The molecular formula is C63H104O6. The second kappa shape index (κ2) is 56.7. The van der Waals surface area contributed by atoms with Crippen LogP contribution in [0.25, 0.3) is 0 Å². The van der Waals surface area contributed by atoms with Crippen LogP contribution >= 0.6 is 0 Å². The quantitative estimate of drug-likeness (QED) is 0.0262. The minimum atomic E-state index is -0.796. The van der Waals surface area contributed by atoms with Gasteiger partial charge in [-0.2, -0.15) is 0 Å². The van der Waals surface area contributed by atoms with Crippen molar-refractivity contribution in [3.05, 3.63) is 109 Å². The van der Waals surface area contributed by atoms with Crippen LogP contribution in [0.15, 0.2) is 109 Å². The monoisotopic (exact) mass is 957 g/mol. The van der Waals surface area contributed by atoms with Crippen molar-refractivity contribution in [3.8, 4) is 0 Å². The molecule has 0 radical (unpaired) electrons. The number of ether oxygens (including phenoxy) is 3. The third-order valence-electron chi connectivity index (χ3n) is 11.8. The van der Waals surface area contributed by atoms with Gasteiger partial charge in [-0.3, -0.25) is 14.4 Å². The average molecular weight is 958 g/mol. The molecule has 1 atom stereocenters. The SMILES string of the molecule is CC/C=C\C/C=C\C/C=C\C/C=C\C/C=C\C/C=C\C/C=C\CCCCCC(=O)OCC(COC(=O)CCCCCCCCCCC)OC(=O)CCCCCCCCC/C=C\C/C=C\CCCCC. The van der Waals surface area contributed by atoms with E-state index >= 15 is 0 Å². The van der Waals surface area contributed by atoms with Gasteiger partial charge in [0.2, 0.25) is 0 Å². The first-order valence-corrected chi connectivity index (χ1v) is 28.4. The fraction of sp³-hybridized carbons (Fsp3) is 0.667. The van der Waals surface area contributed by atoms with E-state index in [2.05, 4.69) is 130 Å². The van der Waals surface area contributed by atoms with E-state index in [4.69, 9.17) is 14.2 Å². The molecule has 0 saturated heterocycles. The number of rotatable bonds is 50. The van der Waals surface area contributed by atoms with E-state index < -0.39 is 6.10 Å². The van der Waals surface area contributed by atoms with Gasteiger partial charge in [0.25, 0.3) is 0 Å². The lowest BCUT2D eigenvalue weighted by Crippen LogP contribution is -2.30. The van der Waals surface area contributed by atoms with Gasteiger partial charge in [0.1, 0.15) is 13.2 Å². The predicted molar refractivity (Wildman–Crippen MR) is 297 cm³/mol. The highest BCUT2D eigenvalue weighted by molar-refractivity contribution is 5.71. The molecule has 0 fully saturated rings. The Bertz CT molecular complexity index is 1420. The summed E-state index contributed by atoms with van der Waals surface area (Å²) in [7, 11) is 0. The Morgan fingerprint density at radius 1 is 0.304 bits per heavy atom. The summed E-state index contributed by atoms with van der Waals surface area (Å²) in [5.41, 5.74) is 0. The van der Waals surface area contributed by atoms with Crippen molar-refractivity contribution in [2.75, 3.05) is 13.2 Å². The first-order valence-electron chi connectivity index (χ1n) is 28.4. The van der Waals surface area contributed by atoms with Crippen LogP contribution in [0.3, 0.4) is 0 Å². The van der Waals surface area contributed by atoms with Crippen molar-refractivity contribution < 1.29 is 28.6 Å². The Hall–Kier alpha value is -3.93. The molecule has 0 N–H and O–H groups in total. The Morgan fingerprint density at radius 2 is 0.565 bits per heavy atom. The Morgan fingerprint density at radius 3 is 0.928 bits per heavy atom. The number of allylic oxidation sites excluding steroid dienone is 18. The number of unbranched alkanes of at least 4 members (excludes halogenated alkanes) is 21. The van der Waals surface area contributed by atoms with Gasteiger partial charge >= 0.3 is 17.9 Å². The zero-order chi connectivity index (χ0) is 50.0. The van der Waals surface area contributed by atoms with Crippen LogP contribution in [0.5, 0.6) is 0 Å². The summed E-state index contributed by atoms with van der Waals surface area (Å²) in [4.78, 5) is 38.0. The largest absolute Gasteiger partial charge is 0.462 e. The number of carbonyl (C=O) groups is 3. The van der Waals surface area contributed by atoms with Crippen molar-refractivity contribution in [2.24, 2.45) is 0 Å². The molecule has 69 heavy (non-hydrogen) atoms. The molecule has 0 aliphatic rings. The molecule has 6 heteroatoms. The Kier molecular flexibility index (Phi) is 53.4. The van der Waals surface area contributed by atoms with Crippen LogP contribution in [0.4, 0.5) is 0 Å². The van der Waals surface area contributed by atoms with Gasteiger partial charge < -0.3 is 14.2 Å². The van der Waals surface area contributed by atoms with E-state index in [-0.39, 0.29) is 31.1 Å².